The first kappa shape index (κ1) is 27.2. The van der Waals surface area contributed by atoms with Gasteiger partial charge in [0.15, 0.2) is 0 Å². The minimum atomic E-state index is -5.08. The van der Waals surface area contributed by atoms with Crippen LogP contribution in [0.4, 0.5) is 13.2 Å². The number of nitrogens with one attached hydrogen (secondary N) is 1. The Kier molecular flexibility index (Phi) is 8.13. The number of aliphatic carboxylic acids is 1. The molecule has 5 rings (SSSR count). The number of nitrogens with zero attached hydrogens (tertiary/aromatic N) is 5. The third kappa shape index (κ3) is 6.72. The molecule has 3 aromatic heterocycles. The minimum Gasteiger partial charge on any atom is -0.475 e. The first-order valence-electron chi connectivity index (χ1n) is 11.8. The van der Waals surface area contributed by atoms with Crippen molar-refractivity contribution >= 4 is 33.9 Å². The van der Waals surface area contributed by atoms with Crippen molar-refractivity contribution in [1.29, 1.82) is 0 Å². The fourth-order valence-corrected chi connectivity index (χ4v) is 3.87. The summed E-state index contributed by atoms with van der Waals surface area (Å²) >= 11 is 0. The van der Waals surface area contributed by atoms with Crippen LogP contribution in [0.3, 0.4) is 0 Å². The van der Waals surface area contributed by atoms with Crippen LogP contribution in [-0.4, -0.2) is 54.4 Å². The number of benzene rings is 2. The Hall–Kier alpha value is -4.87. The number of carboxylic acids is 1. The van der Waals surface area contributed by atoms with Crippen molar-refractivity contribution < 1.29 is 27.9 Å². The standard InChI is InChI=1S/C25H22N6O.C2HF3O2/c1-17-28-24-23(31(17)16-19-5-3-2-4-6-19)21-15-20(7-8-22(21)29-30-24)25(32)27-14-11-18-9-12-26-13-10-18;3-2(4,5)1(6)7/h2-10,12-13,15H,11,14,16H2,1H3,(H,27,32);(H,6,7). The number of fused-ring (bicyclic) bond motifs is 3. The van der Waals surface area contributed by atoms with Gasteiger partial charge in [0.1, 0.15) is 5.82 Å². The van der Waals surface area contributed by atoms with E-state index in [1.165, 1.54) is 5.56 Å². The number of imidazole rings is 1. The quantitative estimate of drug-likeness (QED) is 0.331. The fourth-order valence-electron chi connectivity index (χ4n) is 3.87. The van der Waals surface area contributed by atoms with Gasteiger partial charge in [-0.1, -0.05) is 30.3 Å². The van der Waals surface area contributed by atoms with Gasteiger partial charge in [-0.15, -0.1) is 10.2 Å². The van der Waals surface area contributed by atoms with E-state index in [-0.39, 0.29) is 5.91 Å². The van der Waals surface area contributed by atoms with E-state index < -0.39 is 12.1 Å². The van der Waals surface area contributed by atoms with Gasteiger partial charge in [-0.3, -0.25) is 9.78 Å². The second-order valence-corrected chi connectivity index (χ2v) is 8.50. The van der Waals surface area contributed by atoms with Crippen molar-refractivity contribution in [3.63, 3.8) is 0 Å². The molecule has 0 aliphatic rings. The number of carbonyl (C=O) groups excluding carboxylic acids is 1. The van der Waals surface area contributed by atoms with Crippen molar-refractivity contribution in [2.24, 2.45) is 0 Å². The van der Waals surface area contributed by atoms with Crippen molar-refractivity contribution in [1.82, 2.24) is 30.0 Å². The molecule has 0 fully saturated rings. The summed E-state index contributed by atoms with van der Waals surface area (Å²) in [5.74, 6) is -2.01. The van der Waals surface area contributed by atoms with Crippen molar-refractivity contribution in [3.8, 4) is 0 Å². The van der Waals surface area contributed by atoms with Gasteiger partial charge in [0.25, 0.3) is 5.91 Å². The number of aromatic nitrogens is 5. The lowest BCUT2D eigenvalue weighted by molar-refractivity contribution is -0.192. The van der Waals surface area contributed by atoms with Gasteiger partial charge < -0.3 is 15.0 Å². The molecule has 0 bridgehead atoms. The zero-order valence-electron chi connectivity index (χ0n) is 20.7. The molecule has 2 N–H and O–H groups in total. The van der Waals surface area contributed by atoms with Gasteiger partial charge in [0.05, 0.1) is 11.0 Å². The highest BCUT2D eigenvalue weighted by Crippen LogP contribution is 2.25. The van der Waals surface area contributed by atoms with Gasteiger partial charge >= 0.3 is 12.1 Å². The zero-order chi connectivity index (χ0) is 28.0. The van der Waals surface area contributed by atoms with Crippen LogP contribution >= 0.6 is 0 Å². The molecule has 2 aromatic carbocycles. The highest BCUT2D eigenvalue weighted by atomic mass is 19.4. The summed E-state index contributed by atoms with van der Waals surface area (Å²) < 4.78 is 33.9. The first-order valence-corrected chi connectivity index (χ1v) is 11.8. The van der Waals surface area contributed by atoms with Gasteiger partial charge in [-0.05, 0) is 54.8 Å². The highest BCUT2D eigenvalue weighted by molar-refractivity contribution is 6.05. The van der Waals surface area contributed by atoms with E-state index in [0.29, 0.717) is 24.3 Å². The maximum Gasteiger partial charge on any atom is 0.490 e. The van der Waals surface area contributed by atoms with E-state index in [0.717, 1.165) is 34.2 Å². The molecule has 200 valence electrons. The molecule has 5 aromatic rings. The van der Waals surface area contributed by atoms with Gasteiger partial charge in [0, 0.05) is 36.4 Å². The normalized spacial score (nSPS) is 11.2. The molecule has 0 atom stereocenters. The summed E-state index contributed by atoms with van der Waals surface area (Å²) in [7, 11) is 0. The Labute approximate surface area is 220 Å². The molecule has 3 heterocycles. The highest BCUT2D eigenvalue weighted by Gasteiger charge is 2.38. The average Bonchev–Trinajstić information content (AvgIpc) is 3.24. The predicted octanol–water partition coefficient (Wildman–Crippen LogP) is 4.34. The summed E-state index contributed by atoms with van der Waals surface area (Å²) in [4.78, 5) is 30.3. The van der Waals surface area contributed by atoms with Gasteiger partial charge in [-0.2, -0.15) is 13.2 Å². The Bertz CT molecular complexity index is 1610. The fraction of sp³-hybridized carbons (Fsp3) is 0.185. The predicted molar refractivity (Wildman–Crippen MR) is 137 cm³/mol. The Balaban J connectivity index is 0.000000448. The van der Waals surface area contributed by atoms with E-state index in [9.17, 15) is 18.0 Å². The van der Waals surface area contributed by atoms with Crippen LogP contribution in [0.5, 0.6) is 0 Å². The number of aryl methyl sites for hydroxylation is 1. The van der Waals surface area contributed by atoms with Crippen molar-refractivity contribution in [2.75, 3.05) is 6.54 Å². The smallest absolute Gasteiger partial charge is 0.475 e. The van der Waals surface area contributed by atoms with Crippen molar-refractivity contribution in [3.05, 3.63) is 95.6 Å². The molecular weight excluding hydrogens is 513 g/mol. The van der Waals surface area contributed by atoms with Crippen LogP contribution in [0, 0.1) is 6.92 Å². The molecule has 0 aliphatic carbocycles. The number of carboxylic acid groups (broad SMARTS) is 1. The molecule has 9 nitrogen and oxygen atoms in total. The molecule has 0 saturated carbocycles. The topological polar surface area (TPSA) is 123 Å². The largest absolute Gasteiger partial charge is 0.490 e. The van der Waals surface area contributed by atoms with Crippen molar-refractivity contribution in [2.45, 2.75) is 26.1 Å². The number of hydrogen-bond acceptors (Lipinski definition) is 6. The molecule has 1 amide bonds. The third-order valence-electron chi connectivity index (χ3n) is 5.78. The Morgan fingerprint density at radius 1 is 0.974 bits per heavy atom. The summed E-state index contributed by atoms with van der Waals surface area (Å²) in [6.45, 7) is 3.19. The zero-order valence-corrected chi connectivity index (χ0v) is 20.7. The van der Waals surface area contributed by atoms with Crippen LogP contribution < -0.4 is 5.32 Å². The number of halogens is 3. The first-order chi connectivity index (χ1) is 18.6. The Morgan fingerprint density at radius 3 is 2.33 bits per heavy atom. The van der Waals surface area contributed by atoms with E-state index in [1.807, 2.05) is 49.4 Å². The monoisotopic (exact) mass is 536 g/mol. The number of rotatable bonds is 6. The molecule has 0 radical (unpaired) electrons. The van der Waals surface area contributed by atoms with E-state index in [1.54, 1.807) is 18.5 Å². The number of amides is 1. The van der Waals surface area contributed by atoms with Gasteiger partial charge in [0.2, 0.25) is 5.65 Å². The molecular formula is C27H23F3N6O3. The second kappa shape index (κ2) is 11.7. The summed E-state index contributed by atoms with van der Waals surface area (Å²) in [6, 6.07) is 19.6. The van der Waals surface area contributed by atoms with Crippen LogP contribution in [0.1, 0.15) is 27.3 Å². The van der Waals surface area contributed by atoms with E-state index >= 15 is 0 Å². The average molecular weight is 537 g/mol. The van der Waals surface area contributed by atoms with Gasteiger partial charge in [-0.25, -0.2) is 9.78 Å². The Morgan fingerprint density at radius 2 is 1.67 bits per heavy atom. The summed E-state index contributed by atoms with van der Waals surface area (Å²) in [6.07, 6.45) is -0.818. The summed E-state index contributed by atoms with van der Waals surface area (Å²) in [5.41, 5.74) is 5.11. The molecule has 0 spiro atoms. The van der Waals surface area contributed by atoms with E-state index in [4.69, 9.17) is 9.90 Å². The molecule has 12 heteroatoms. The van der Waals surface area contributed by atoms with Crippen LogP contribution in [-0.2, 0) is 17.8 Å². The lowest BCUT2D eigenvalue weighted by Gasteiger charge is -2.10. The lowest BCUT2D eigenvalue weighted by atomic mass is 10.1. The maximum absolute atomic E-state index is 12.8. The molecule has 0 unspecified atom stereocenters. The van der Waals surface area contributed by atoms with E-state index in [2.05, 4.69) is 42.2 Å². The lowest BCUT2D eigenvalue weighted by Crippen LogP contribution is -2.25. The number of alkyl halides is 3. The number of pyridine rings is 1. The van der Waals surface area contributed by atoms with Crippen LogP contribution in [0.25, 0.3) is 22.1 Å². The minimum absolute atomic E-state index is 0.114. The molecule has 0 saturated heterocycles. The number of hydrogen-bond donors (Lipinski definition) is 2. The molecule has 39 heavy (non-hydrogen) atoms. The summed E-state index contributed by atoms with van der Waals surface area (Å²) in [5, 5.41) is 19.6. The van der Waals surface area contributed by atoms with Crippen LogP contribution in [0.15, 0.2) is 73.1 Å². The number of carbonyl (C=O) groups is 2. The maximum atomic E-state index is 12.8. The SMILES string of the molecule is Cc1nc2nnc3ccc(C(=O)NCCc4ccncc4)cc3c2n1Cc1ccccc1.O=C(O)C(F)(F)F. The third-order valence-corrected chi connectivity index (χ3v) is 5.78. The molecule has 0 aliphatic heterocycles. The second-order valence-electron chi connectivity index (χ2n) is 8.50. The van der Waals surface area contributed by atoms with Crippen LogP contribution in [0.2, 0.25) is 0 Å².